The van der Waals surface area contributed by atoms with Gasteiger partial charge in [0.1, 0.15) is 0 Å². The third kappa shape index (κ3) is 3.43. The minimum absolute atomic E-state index is 0.252. The fourth-order valence-electron chi connectivity index (χ4n) is 2.45. The molecule has 1 N–H and O–H groups in total. The molecular weight excluding hydrogens is 288 g/mol. The number of benzene rings is 2. The van der Waals surface area contributed by atoms with Gasteiger partial charge in [-0.1, -0.05) is 18.2 Å². The Kier molecular flexibility index (Phi) is 4.43. The van der Waals surface area contributed by atoms with Crippen molar-refractivity contribution in [2.45, 2.75) is 6.92 Å². The largest absolute Gasteiger partial charge is 0.459 e. The first-order valence-corrected chi connectivity index (χ1v) is 7.55. The number of rotatable bonds is 5. The maximum atomic E-state index is 12.0. The molecule has 3 aromatic rings. The van der Waals surface area contributed by atoms with E-state index in [-0.39, 0.29) is 5.91 Å². The molecule has 0 spiro atoms. The molecule has 0 unspecified atom stereocenters. The third-order valence-electron chi connectivity index (χ3n) is 3.57. The lowest BCUT2D eigenvalue weighted by atomic mass is 10.2. The average Bonchev–Trinajstić information content (AvgIpc) is 3.13. The number of furan rings is 1. The van der Waals surface area contributed by atoms with Crippen LogP contribution in [0.2, 0.25) is 0 Å². The number of nitrogens with zero attached hydrogens (tertiary/aromatic N) is 1. The molecule has 0 aliphatic heterocycles. The van der Waals surface area contributed by atoms with Gasteiger partial charge in [0, 0.05) is 23.6 Å². The number of nitrogens with one attached hydrogen (secondary N) is 1. The number of anilines is 3. The Morgan fingerprint density at radius 1 is 0.957 bits per heavy atom. The van der Waals surface area contributed by atoms with Crippen LogP contribution in [0.5, 0.6) is 0 Å². The zero-order valence-corrected chi connectivity index (χ0v) is 12.9. The molecule has 0 bridgehead atoms. The van der Waals surface area contributed by atoms with E-state index in [4.69, 9.17) is 4.42 Å². The minimum atomic E-state index is -0.252. The van der Waals surface area contributed by atoms with Crippen molar-refractivity contribution in [1.82, 2.24) is 0 Å². The molecule has 23 heavy (non-hydrogen) atoms. The predicted octanol–water partition coefficient (Wildman–Crippen LogP) is 4.69. The highest BCUT2D eigenvalue weighted by Crippen LogP contribution is 2.26. The second kappa shape index (κ2) is 6.83. The van der Waals surface area contributed by atoms with E-state index in [9.17, 15) is 4.79 Å². The van der Waals surface area contributed by atoms with E-state index < -0.39 is 0 Å². The highest BCUT2D eigenvalue weighted by Gasteiger charge is 2.10. The Morgan fingerprint density at radius 3 is 2.26 bits per heavy atom. The molecule has 1 heterocycles. The van der Waals surface area contributed by atoms with Gasteiger partial charge in [0.15, 0.2) is 5.76 Å². The predicted molar refractivity (Wildman–Crippen MR) is 92.2 cm³/mol. The number of carbonyl (C=O) groups excluding carboxylic acids is 1. The van der Waals surface area contributed by atoms with Crippen molar-refractivity contribution in [1.29, 1.82) is 0 Å². The standard InChI is InChI=1S/C19H18N2O2/c1-2-21(16-7-4-3-5-8-16)17-12-10-15(11-13-17)20-19(22)18-9-6-14-23-18/h3-14H,2H2,1H3,(H,20,22). The molecule has 4 heteroatoms. The van der Waals surface area contributed by atoms with E-state index in [0.29, 0.717) is 5.76 Å². The number of hydrogen-bond donors (Lipinski definition) is 1. The molecule has 2 aromatic carbocycles. The van der Waals surface area contributed by atoms with Gasteiger partial charge in [-0.05, 0) is 55.5 Å². The Balaban J connectivity index is 1.75. The van der Waals surface area contributed by atoms with Crippen LogP contribution in [0.25, 0.3) is 0 Å². The number of hydrogen-bond acceptors (Lipinski definition) is 3. The van der Waals surface area contributed by atoms with E-state index in [1.165, 1.54) is 6.26 Å². The van der Waals surface area contributed by atoms with Crippen molar-refractivity contribution in [3.63, 3.8) is 0 Å². The molecule has 3 rings (SSSR count). The Morgan fingerprint density at radius 2 is 1.65 bits per heavy atom. The summed E-state index contributed by atoms with van der Waals surface area (Å²) in [4.78, 5) is 14.2. The van der Waals surface area contributed by atoms with E-state index in [2.05, 4.69) is 29.3 Å². The molecule has 1 amide bonds. The van der Waals surface area contributed by atoms with Crippen molar-refractivity contribution in [3.05, 3.63) is 78.8 Å². The molecular formula is C19H18N2O2. The molecule has 0 aliphatic rings. The summed E-state index contributed by atoms with van der Waals surface area (Å²) in [6, 6.07) is 21.3. The average molecular weight is 306 g/mol. The van der Waals surface area contributed by atoms with Crippen LogP contribution in [0.4, 0.5) is 17.1 Å². The topological polar surface area (TPSA) is 45.5 Å². The van der Waals surface area contributed by atoms with Crippen molar-refractivity contribution in [2.24, 2.45) is 0 Å². The summed E-state index contributed by atoms with van der Waals surface area (Å²) in [5, 5.41) is 2.82. The van der Waals surface area contributed by atoms with Gasteiger partial charge in [-0.3, -0.25) is 4.79 Å². The van der Waals surface area contributed by atoms with Crippen LogP contribution in [-0.4, -0.2) is 12.5 Å². The van der Waals surface area contributed by atoms with Gasteiger partial charge in [-0.15, -0.1) is 0 Å². The van der Waals surface area contributed by atoms with Crippen LogP contribution in [0.1, 0.15) is 17.5 Å². The maximum absolute atomic E-state index is 12.0. The first-order chi connectivity index (χ1) is 11.3. The first kappa shape index (κ1) is 14.9. The number of amides is 1. The van der Waals surface area contributed by atoms with Gasteiger partial charge < -0.3 is 14.6 Å². The number of para-hydroxylation sites is 1. The summed E-state index contributed by atoms with van der Waals surface area (Å²) in [6.45, 7) is 2.97. The van der Waals surface area contributed by atoms with E-state index in [1.807, 2.05) is 42.5 Å². The van der Waals surface area contributed by atoms with Gasteiger partial charge in [-0.2, -0.15) is 0 Å². The van der Waals surface area contributed by atoms with E-state index in [0.717, 1.165) is 23.6 Å². The van der Waals surface area contributed by atoms with Crippen molar-refractivity contribution in [2.75, 3.05) is 16.8 Å². The molecule has 1 aromatic heterocycles. The lowest BCUT2D eigenvalue weighted by Gasteiger charge is -2.23. The SMILES string of the molecule is CCN(c1ccccc1)c1ccc(NC(=O)c2ccco2)cc1. The van der Waals surface area contributed by atoms with Crippen molar-refractivity contribution in [3.8, 4) is 0 Å². The summed E-state index contributed by atoms with van der Waals surface area (Å²) < 4.78 is 5.08. The van der Waals surface area contributed by atoms with Crippen LogP contribution < -0.4 is 10.2 Å². The second-order valence-electron chi connectivity index (χ2n) is 5.06. The molecule has 116 valence electrons. The fraction of sp³-hybridized carbons (Fsp3) is 0.105. The number of carbonyl (C=O) groups is 1. The van der Waals surface area contributed by atoms with Gasteiger partial charge in [0.25, 0.3) is 5.91 Å². The van der Waals surface area contributed by atoms with Crippen LogP contribution in [0.15, 0.2) is 77.4 Å². The summed E-state index contributed by atoms with van der Waals surface area (Å²) in [5.41, 5.74) is 2.95. The van der Waals surface area contributed by atoms with Crippen LogP contribution in [0.3, 0.4) is 0 Å². The van der Waals surface area contributed by atoms with E-state index in [1.54, 1.807) is 12.1 Å². The quantitative estimate of drug-likeness (QED) is 0.743. The first-order valence-electron chi connectivity index (χ1n) is 7.55. The summed E-state index contributed by atoms with van der Waals surface area (Å²) in [6.07, 6.45) is 1.48. The zero-order chi connectivity index (χ0) is 16.1. The van der Waals surface area contributed by atoms with Crippen LogP contribution in [-0.2, 0) is 0 Å². The molecule has 0 atom stereocenters. The maximum Gasteiger partial charge on any atom is 0.291 e. The van der Waals surface area contributed by atoms with Gasteiger partial charge in [0.05, 0.1) is 6.26 Å². The summed E-state index contributed by atoms with van der Waals surface area (Å²) in [7, 11) is 0. The third-order valence-corrected chi connectivity index (χ3v) is 3.57. The smallest absolute Gasteiger partial charge is 0.291 e. The zero-order valence-electron chi connectivity index (χ0n) is 12.9. The fourth-order valence-corrected chi connectivity index (χ4v) is 2.45. The van der Waals surface area contributed by atoms with Crippen molar-refractivity contribution >= 4 is 23.0 Å². The molecule has 0 saturated heterocycles. The summed E-state index contributed by atoms with van der Waals surface area (Å²) in [5.74, 6) is 0.0479. The van der Waals surface area contributed by atoms with E-state index >= 15 is 0 Å². The summed E-state index contributed by atoms with van der Waals surface area (Å²) >= 11 is 0. The lowest BCUT2D eigenvalue weighted by Crippen LogP contribution is -2.16. The van der Waals surface area contributed by atoms with Gasteiger partial charge in [-0.25, -0.2) is 0 Å². The normalized spacial score (nSPS) is 10.3. The van der Waals surface area contributed by atoms with Crippen LogP contribution in [0, 0.1) is 0 Å². The highest BCUT2D eigenvalue weighted by molar-refractivity contribution is 6.02. The monoisotopic (exact) mass is 306 g/mol. The Labute approximate surface area is 135 Å². The highest BCUT2D eigenvalue weighted by atomic mass is 16.3. The molecule has 0 radical (unpaired) electrons. The Hall–Kier alpha value is -3.01. The van der Waals surface area contributed by atoms with Crippen LogP contribution >= 0.6 is 0 Å². The molecule has 0 saturated carbocycles. The molecule has 0 fully saturated rings. The Bertz CT molecular complexity index is 750. The van der Waals surface area contributed by atoms with Crippen molar-refractivity contribution < 1.29 is 9.21 Å². The minimum Gasteiger partial charge on any atom is -0.459 e. The lowest BCUT2D eigenvalue weighted by molar-refractivity contribution is 0.0996. The van der Waals surface area contributed by atoms with Gasteiger partial charge in [0.2, 0.25) is 0 Å². The second-order valence-corrected chi connectivity index (χ2v) is 5.06. The van der Waals surface area contributed by atoms with Gasteiger partial charge >= 0.3 is 0 Å². The molecule has 0 aliphatic carbocycles. The molecule has 4 nitrogen and oxygen atoms in total.